The lowest BCUT2D eigenvalue weighted by molar-refractivity contribution is 0.0695. The van der Waals surface area contributed by atoms with Crippen LogP contribution < -0.4 is 5.32 Å². The molecule has 0 bridgehead atoms. The third-order valence-electron chi connectivity index (χ3n) is 3.26. The fraction of sp³-hybridized carbons (Fsp3) is 0.200. The van der Waals surface area contributed by atoms with Crippen molar-refractivity contribution in [3.8, 4) is 0 Å². The minimum absolute atomic E-state index is 0.179. The van der Waals surface area contributed by atoms with Crippen molar-refractivity contribution in [3.63, 3.8) is 0 Å². The van der Waals surface area contributed by atoms with Gasteiger partial charge in [0.25, 0.3) is 5.91 Å². The molecule has 2 rings (SSSR count). The molecule has 0 aliphatic carbocycles. The number of carboxylic acid groups (broad SMARTS) is 1. The van der Waals surface area contributed by atoms with E-state index in [1.54, 1.807) is 25.3 Å². The molecule has 0 spiro atoms. The lowest BCUT2D eigenvalue weighted by atomic mass is 10.0. The highest BCUT2D eigenvalue weighted by Crippen LogP contribution is 2.28. The molecule has 1 aromatic heterocycles. The van der Waals surface area contributed by atoms with Crippen LogP contribution >= 0.6 is 22.9 Å². The number of aromatic carboxylic acids is 1. The second-order valence-corrected chi connectivity index (χ2v) is 6.04. The van der Waals surface area contributed by atoms with E-state index in [9.17, 15) is 14.7 Å². The van der Waals surface area contributed by atoms with Crippen LogP contribution in [0.1, 0.15) is 36.7 Å². The quantitative estimate of drug-likeness (QED) is 0.886. The number of carbonyl (C=O) groups excluding carboxylic acids is 1. The minimum Gasteiger partial charge on any atom is -0.478 e. The molecule has 0 atom stereocenters. The van der Waals surface area contributed by atoms with Crippen LogP contribution in [0.15, 0.2) is 17.5 Å². The maximum absolute atomic E-state index is 12.2. The second-order valence-electron chi connectivity index (χ2n) is 4.79. The van der Waals surface area contributed by atoms with Gasteiger partial charge in [-0.05, 0) is 55.0 Å². The Balaban J connectivity index is 2.34. The average molecular weight is 324 g/mol. The molecule has 0 unspecified atom stereocenters. The zero-order valence-electron chi connectivity index (χ0n) is 11.8. The molecule has 0 saturated heterocycles. The van der Waals surface area contributed by atoms with E-state index in [0.717, 1.165) is 11.1 Å². The number of carbonyl (C=O) groups is 2. The first-order valence-electron chi connectivity index (χ1n) is 6.20. The van der Waals surface area contributed by atoms with E-state index in [2.05, 4.69) is 5.32 Å². The van der Waals surface area contributed by atoms with Crippen LogP contribution in [0.3, 0.4) is 0 Å². The van der Waals surface area contributed by atoms with E-state index in [1.807, 2.05) is 6.92 Å². The number of hydrogen-bond acceptors (Lipinski definition) is 3. The Bertz CT molecular complexity index is 737. The van der Waals surface area contributed by atoms with E-state index in [1.165, 1.54) is 17.4 Å². The molecule has 4 nitrogen and oxygen atoms in total. The van der Waals surface area contributed by atoms with Crippen molar-refractivity contribution >= 4 is 40.5 Å². The standard InChI is InChI=1S/C15H14ClNO3S/c1-7-4-10(5-11(9(7)3)15(19)20)17-14(18)13-12(16)8(2)6-21-13/h4-6H,1-3H3,(H,17,18)(H,19,20). The monoisotopic (exact) mass is 323 g/mol. The maximum Gasteiger partial charge on any atom is 0.336 e. The molecule has 2 aromatic rings. The zero-order valence-corrected chi connectivity index (χ0v) is 13.4. The number of nitrogens with one attached hydrogen (secondary N) is 1. The van der Waals surface area contributed by atoms with Gasteiger partial charge in [0, 0.05) is 5.69 Å². The van der Waals surface area contributed by atoms with Gasteiger partial charge in [0.2, 0.25) is 0 Å². The average Bonchev–Trinajstić information content (AvgIpc) is 2.73. The molecule has 1 amide bonds. The van der Waals surface area contributed by atoms with Crippen LogP contribution in [0.4, 0.5) is 5.69 Å². The number of anilines is 1. The van der Waals surface area contributed by atoms with Crippen LogP contribution in [0, 0.1) is 20.8 Å². The lowest BCUT2D eigenvalue weighted by Gasteiger charge is -2.10. The molecule has 0 saturated carbocycles. The van der Waals surface area contributed by atoms with E-state index in [-0.39, 0.29) is 11.5 Å². The van der Waals surface area contributed by atoms with Crippen molar-refractivity contribution in [1.82, 2.24) is 0 Å². The molecule has 1 aromatic carbocycles. The van der Waals surface area contributed by atoms with Crippen molar-refractivity contribution in [1.29, 1.82) is 0 Å². The summed E-state index contributed by atoms with van der Waals surface area (Å²) < 4.78 is 0. The van der Waals surface area contributed by atoms with Crippen LogP contribution in [-0.4, -0.2) is 17.0 Å². The summed E-state index contributed by atoms with van der Waals surface area (Å²) in [4.78, 5) is 23.8. The van der Waals surface area contributed by atoms with Crippen LogP contribution in [-0.2, 0) is 0 Å². The van der Waals surface area contributed by atoms with Gasteiger partial charge in [0.1, 0.15) is 4.88 Å². The third kappa shape index (κ3) is 3.09. The number of benzene rings is 1. The van der Waals surface area contributed by atoms with Gasteiger partial charge < -0.3 is 10.4 Å². The van der Waals surface area contributed by atoms with Crippen molar-refractivity contribution < 1.29 is 14.7 Å². The summed E-state index contributed by atoms with van der Waals surface area (Å²) in [5.74, 6) is -1.35. The first-order chi connectivity index (χ1) is 9.81. The molecule has 6 heteroatoms. The van der Waals surface area contributed by atoms with E-state index in [4.69, 9.17) is 11.6 Å². The number of amides is 1. The first-order valence-corrected chi connectivity index (χ1v) is 7.46. The Hall–Kier alpha value is -1.85. The molecule has 2 N–H and O–H groups in total. The fourth-order valence-electron chi connectivity index (χ4n) is 1.92. The Labute approximate surface area is 131 Å². The summed E-state index contributed by atoms with van der Waals surface area (Å²) in [5.41, 5.74) is 2.96. The Kier molecular flexibility index (Phi) is 4.34. The van der Waals surface area contributed by atoms with Crippen molar-refractivity contribution in [3.05, 3.63) is 49.7 Å². The Morgan fingerprint density at radius 3 is 2.38 bits per heavy atom. The second kappa shape index (κ2) is 5.87. The lowest BCUT2D eigenvalue weighted by Crippen LogP contribution is -2.12. The smallest absolute Gasteiger partial charge is 0.336 e. The zero-order chi connectivity index (χ0) is 15.7. The number of thiophene rings is 1. The maximum atomic E-state index is 12.2. The SMILES string of the molecule is Cc1cc(NC(=O)c2scc(C)c2Cl)cc(C(=O)O)c1C. The molecule has 0 fully saturated rings. The number of halogens is 1. The number of rotatable bonds is 3. The summed E-state index contributed by atoms with van der Waals surface area (Å²) in [6.07, 6.45) is 0. The number of aryl methyl sites for hydroxylation is 2. The van der Waals surface area contributed by atoms with Crippen molar-refractivity contribution in [2.24, 2.45) is 0 Å². The van der Waals surface area contributed by atoms with Gasteiger partial charge in [0.15, 0.2) is 0 Å². The largest absolute Gasteiger partial charge is 0.478 e. The minimum atomic E-state index is -1.02. The summed E-state index contributed by atoms with van der Waals surface area (Å²) in [6.45, 7) is 5.37. The Morgan fingerprint density at radius 1 is 1.19 bits per heavy atom. The summed E-state index contributed by atoms with van der Waals surface area (Å²) in [7, 11) is 0. The van der Waals surface area contributed by atoms with Gasteiger partial charge in [0.05, 0.1) is 10.6 Å². The molecule has 0 aliphatic rings. The van der Waals surface area contributed by atoms with Crippen molar-refractivity contribution in [2.45, 2.75) is 20.8 Å². The highest BCUT2D eigenvalue weighted by Gasteiger charge is 2.17. The van der Waals surface area contributed by atoms with Crippen LogP contribution in [0.2, 0.25) is 5.02 Å². The van der Waals surface area contributed by atoms with Gasteiger partial charge in [-0.1, -0.05) is 11.6 Å². The first kappa shape index (κ1) is 15.5. The van der Waals surface area contributed by atoms with Gasteiger partial charge in [-0.25, -0.2) is 4.79 Å². The third-order valence-corrected chi connectivity index (χ3v) is 4.96. The van der Waals surface area contributed by atoms with Crippen molar-refractivity contribution in [2.75, 3.05) is 5.32 Å². The van der Waals surface area contributed by atoms with Gasteiger partial charge in [-0.15, -0.1) is 11.3 Å². The van der Waals surface area contributed by atoms with E-state index < -0.39 is 5.97 Å². The molecule has 110 valence electrons. The van der Waals surface area contributed by atoms with Crippen LogP contribution in [0.25, 0.3) is 0 Å². The number of hydrogen-bond donors (Lipinski definition) is 2. The molecule has 0 aliphatic heterocycles. The predicted octanol–water partition coefficient (Wildman–Crippen LogP) is 4.28. The molecule has 21 heavy (non-hydrogen) atoms. The predicted molar refractivity (Wildman–Crippen MR) is 84.9 cm³/mol. The molecular formula is C15H14ClNO3S. The summed E-state index contributed by atoms with van der Waals surface area (Å²) in [5, 5.41) is 14.1. The normalized spacial score (nSPS) is 10.5. The summed E-state index contributed by atoms with van der Waals surface area (Å²) in [6, 6.07) is 3.20. The molecule has 0 radical (unpaired) electrons. The highest BCUT2D eigenvalue weighted by molar-refractivity contribution is 7.13. The molecular weight excluding hydrogens is 310 g/mol. The van der Waals surface area contributed by atoms with E-state index >= 15 is 0 Å². The fourth-order valence-corrected chi connectivity index (χ4v) is 3.10. The number of carboxylic acids is 1. The topological polar surface area (TPSA) is 66.4 Å². The van der Waals surface area contributed by atoms with Gasteiger partial charge in [-0.2, -0.15) is 0 Å². The Morgan fingerprint density at radius 2 is 1.86 bits per heavy atom. The van der Waals surface area contributed by atoms with Gasteiger partial charge >= 0.3 is 5.97 Å². The van der Waals surface area contributed by atoms with E-state index in [0.29, 0.717) is 21.2 Å². The summed E-state index contributed by atoms with van der Waals surface area (Å²) >= 11 is 7.32. The van der Waals surface area contributed by atoms with Crippen LogP contribution in [0.5, 0.6) is 0 Å². The van der Waals surface area contributed by atoms with Gasteiger partial charge in [-0.3, -0.25) is 4.79 Å². The molecule has 1 heterocycles. The highest BCUT2D eigenvalue weighted by atomic mass is 35.5.